The Morgan fingerprint density at radius 2 is 2.15 bits per heavy atom. The number of carbonyl (C=O) groups excluding carboxylic acids is 1. The van der Waals surface area contributed by atoms with Gasteiger partial charge in [-0.2, -0.15) is 0 Å². The summed E-state index contributed by atoms with van der Waals surface area (Å²) in [4.78, 5) is 18.1. The molecule has 0 aliphatic carbocycles. The molecular formula is C15H24N4O. The van der Waals surface area contributed by atoms with E-state index in [-0.39, 0.29) is 0 Å². The Bertz CT molecular complexity index is 455. The first-order valence-corrected chi connectivity index (χ1v) is 7.32. The van der Waals surface area contributed by atoms with E-state index in [0.717, 1.165) is 19.6 Å². The van der Waals surface area contributed by atoms with Crippen molar-refractivity contribution < 1.29 is 4.79 Å². The second-order valence-corrected chi connectivity index (χ2v) is 5.70. The number of likely N-dealkylation sites (tertiary alicyclic amines) is 1. The molecule has 1 atom stereocenters. The summed E-state index contributed by atoms with van der Waals surface area (Å²) >= 11 is 0. The molecule has 1 aliphatic heterocycles. The van der Waals surface area contributed by atoms with E-state index in [1.54, 1.807) is 18.3 Å². The molecule has 1 aliphatic rings. The van der Waals surface area contributed by atoms with Crippen LogP contribution in [0.5, 0.6) is 0 Å². The lowest BCUT2D eigenvalue weighted by atomic mass is 10.0. The summed E-state index contributed by atoms with van der Waals surface area (Å²) in [5.41, 5.74) is 5.83. The Hall–Kier alpha value is -1.62. The molecule has 1 amide bonds. The maximum absolute atomic E-state index is 11.4. The van der Waals surface area contributed by atoms with E-state index in [9.17, 15) is 4.79 Å². The van der Waals surface area contributed by atoms with E-state index in [0.29, 0.717) is 23.3 Å². The third-order valence-electron chi connectivity index (χ3n) is 3.93. The lowest BCUT2D eigenvalue weighted by Crippen LogP contribution is -2.42. The SMILES string of the molecule is CC(C)C(CNc1ncccc1C(N)=O)N1CCCC1. The van der Waals surface area contributed by atoms with Gasteiger partial charge in [0.15, 0.2) is 0 Å². The van der Waals surface area contributed by atoms with Crippen molar-refractivity contribution in [3.8, 4) is 0 Å². The number of nitrogens with one attached hydrogen (secondary N) is 1. The van der Waals surface area contributed by atoms with Gasteiger partial charge >= 0.3 is 0 Å². The minimum atomic E-state index is -0.442. The van der Waals surface area contributed by atoms with Gasteiger partial charge in [0.2, 0.25) is 0 Å². The van der Waals surface area contributed by atoms with Gasteiger partial charge in [0, 0.05) is 18.8 Å². The van der Waals surface area contributed by atoms with Crippen molar-refractivity contribution in [1.82, 2.24) is 9.88 Å². The molecule has 1 aromatic heterocycles. The maximum atomic E-state index is 11.4. The number of carbonyl (C=O) groups is 1. The van der Waals surface area contributed by atoms with Crippen LogP contribution < -0.4 is 11.1 Å². The first kappa shape index (κ1) is 14.8. The highest BCUT2D eigenvalue weighted by Crippen LogP contribution is 2.19. The van der Waals surface area contributed by atoms with Crippen molar-refractivity contribution in [1.29, 1.82) is 0 Å². The lowest BCUT2D eigenvalue weighted by molar-refractivity contribution is 0.100. The number of nitrogens with two attached hydrogens (primary N) is 1. The van der Waals surface area contributed by atoms with Crippen molar-refractivity contribution in [2.45, 2.75) is 32.7 Å². The predicted molar refractivity (Wildman–Crippen MR) is 80.7 cm³/mol. The normalized spacial score (nSPS) is 17.4. The van der Waals surface area contributed by atoms with Crippen molar-refractivity contribution in [3.63, 3.8) is 0 Å². The van der Waals surface area contributed by atoms with Crippen molar-refractivity contribution in [2.75, 3.05) is 25.0 Å². The van der Waals surface area contributed by atoms with Crippen molar-refractivity contribution >= 4 is 11.7 Å². The second-order valence-electron chi connectivity index (χ2n) is 5.70. The van der Waals surface area contributed by atoms with Crippen molar-refractivity contribution in [2.24, 2.45) is 11.7 Å². The molecule has 0 bridgehead atoms. The molecule has 0 aromatic carbocycles. The van der Waals surface area contributed by atoms with Crippen LogP contribution in [0.15, 0.2) is 18.3 Å². The number of nitrogens with zero attached hydrogens (tertiary/aromatic N) is 2. The van der Waals surface area contributed by atoms with Crippen LogP contribution in [-0.4, -0.2) is 41.5 Å². The molecule has 1 fully saturated rings. The maximum Gasteiger partial charge on any atom is 0.252 e. The van der Waals surface area contributed by atoms with E-state index in [1.165, 1.54) is 12.8 Å². The van der Waals surface area contributed by atoms with Crippen molar-refractivity contribution in [3.05, 3.63) is 23.9 Å². The van der Waals surface area contributed by atoms with Crippen LogP contribution >= 0.6 is 0 Å². The molecule has 0 radical (unpaired) electrons. The molecule has 110 valence electrons. The summed E-state index contributed by atoms with van der Waals surface area (Å²) in [6.07, 6.45) is 4.23. The highest BCUT2D eigenvalue weighted by atomic mass is 16.1. The molecule has 1 aromatic rings. The van der Waals surface area contributed by atoms with Gasteiger partial charge in [0.25, 0.3) is 5.91 Å². The van der Waals surface area contributed by atoms with E-state index >= 15 is 0 Å². The van der Waals surface area contributed by atoms with E-state index in [1.807, 2.05) is 0 Å². The van der Waals surface area contributed by atoms with Gasteiger partial charge < -0.3 is 11.1 Å². The molecule has 0 spiro atoms. The van der Waals surface area contributed by atoms with Crippen LogP contribution in [0.4, 0.5) is 5.82 Å². The van der Waals surface area contributed by atoms with Gasteiger partial charge in [-0.15, -0.1) is 0 Å². The van der Waals surface area contributed by atoms with Crippen LogP contribution in [0.1, 0.15) is 37.0 Å². The highest BCUT2D eigenvalue weighted by molar-refractivity contribution is 5.97. The number of primary amides is 1. The fraction of sp³-hybridized carbons (Fsp3) is 0.600. The number of rotatable bonds is 6. The van der Waals surface area contributed by atoms with Crippen LogP contribution in [0.2, 0.25) is 0 Å². The van der Waals surface area contributed by atoms with Gasteiger partial charge in [-0.3, -0.25) is 9.69 Å². The summed E-state index contributed by atoms with van der Waals surface area (Å²) in [6, 6.07) is 3.89. The number of amides is 1. The van der Waals surface area contributed by atoms with Gasteiger partial charge in [0.05, 0.1) is 5.56 Å². The Kier molecular flexibility index (Phi) is 4.95. The number of aromatic nitrogens is 1. The molecule has 2 rings (SSSR count). The largest absolute Gasteiger partial charge is 0.368 e. The second kappa shape index (κ2) is 6.70. The molecule has 5 nitrogen and oxygen atoms in total. The number of anilines is 1. The summed E-state index contributed by atoms with van der Waals surface area (Å²) < 4.78 is 0. The molecular weight excluding hydrogens is 252 g/mol. The average Bonchev–Trinajstić information content (AvgIpc) is 2.92. The minimum Gasteiger partial charge on any atom is -0.368 e. The van der Waals surface area contributed by atoms with Crippen LogP contribution in [0.3, 0.4) is 0 Å². The summed E-state index contributed by atoms with van der Waals surface area (Å²) in [6.45, 7) is 7.58. The van der Waals surface area contributed by atoms with E-state index in [2.05, 4.69) is 29.0 Å². The number of pyridine rings is 1. The van der Waals surface area contributed by atoms with Gasteiger partial charge in [0.1, 0.15) is 5.82 Å². The smallest absolute Gasteiger partial charge is 0.252 e. The third kappa shape index (κ3) is 3.48. The fourth-order valence-corrected chi connectivity index (χ4v) is 2.81. The Balaban J connectivity index is 2.04. The highest BCUT2D eigenvalue weighted by Gasteiger charge is 2.24. The van der Waals surface area contributed by atoms with Gasteiger partial charge in [-0.1, -0.05) is 13.8 Å². The Morgan fingerprint density at radius 3 is 2.75 bits per heavy atom. The minimum absolute atomic E-state index is 0.442. The van der Waals surface area contributed by atoms with Crippen LogP contribution in [0, 0.1) is 5.92 Å². The Labute approximate surface area is 120 Å². The van der Waals surface area contributed by atoms with E-state index < -0.39 is 5.91 Å². The number of hydrogen-bond acceptors (Lipinski definition) is 4. The molecule has 3 N–H and O–H groups in total. The molecule has 5 heteroatoms. The lowest BCUT2D eigenvalue weighted by Gasteiger charge is -2.31. The monoisotopic (exact) mass is 276 g/mol. The zero-order valence-corrected chi connectivity index (χ0v) is 12.3. The standard InChI is InChI=1S/C15H24N4O/c1-11(2)13(19-8-3-4-9-19)10-18-15-12(14(16)20)6-5-7-17-15/h5-7,11,13H,3-4,8-10H2,1-2H3,(H2,16,20)(H,17,18). The predicted octanol–water partition coefficient (Wildman–Crippen LogP) is 1.71. The zero-order chi connectivity index (χ0) is 14.5. The molecule has 20 heavy (non-hydrogen) atoms. The quantitative estimate of drug-likeness (QED) is 0.830. The number of hydrogen-bond donors (Lipinski definition) is 2. The topological polar surface area (TPSA) is 71.2 Å². The first-order chi connectivity index (χ1) is 9.59. The molecule has 2 heterocycles. The first-order valence-electron chi connectivity index (χ1n) is 7.32. The molecule has 1 unspecified atom stereocenters. The summed E-state index contributed by atoms with van der Waals surface area (Å²) in [7, 11) is 0. The van der Waals surface area contributed by atoms with E-state index in [4.69, 9.17) is 5.73 Å². The Morgan fingerprint density at radius 1 is 1.45 bits per heavy atom. The van der Waals surface area contributed by atoms with Crippen LogP contribution in [-0.2, 0) is 0 Å². The van der Waals surface area contributed by atoms with Gasteiger partial charge in [-0.25, -0.2) is 4.98 Å². The molecule has 0 saturated carbocycles. The zero-order valence-electron chi connectivity index (χ0n) is 12.3. The average molecular weight is 276 g/mol. The summed E-state index contributed by atoms with van der Waals surface area (Å²) in [5.74, 6) is 0.703. The third-order valence-corrected chi connectivity index (χ3v) is 3.93. The van der Waals surface area contributed by atoms with Crippen LogP contribution in [0.25, 0.3) is 0 Å². The van der Waals surface area contributed by atoms with Gasteiger partial charge in [-0.05, 0) is 44.0 Å². The fourth-order valence-electron chi connectivity index (χ4n) is 2.81. The summed E-state index contributed by atoms with van der Waals surface area (Å²) in [5, 5.41) is 3.30. The molecule has 1 saturated heterocycles.